The van der Waals surface area contributed by atoms with Gasteiger partial charge >= 0.3 is 5.69 Å². The van der Waals surface area contributed by atoms with Crippen molar-refractivity contribution in [1.29, 1.82) is 0 Å². The van der Waals surface area contributed by atoms with Crippen LogP contribution in [0.2, 0.25) is 0 Å². The standard InChI is InChI=1S/C17H26N2O/c1-3-10(2)15-9-19(17(20)18-15)16-13-5-11-4-12(7-13)8-14(16)6-11/h9-14,16H,3-8H2,1-2H3,(H,18,20). The molecule has 20 heavy (non-hydrogen) atoms. The zero-order chi connectivity index (χ0) is 13.9. The predicted octanol–water partition coefficient (Wildman–Crippen LogP) is 3.69. The van der Waals surface area contributed by atoms with Crippen molar-refractivity contribution in [2.75, 3.05) is 0 Å². The van der Waals surface area contributed by atoms with Gasteiger partial charge in [0.05, 0.1) is 0 Å². The normalized spacial score (nSPS) is 40.2. The van der Waals surface area contributed by atoms with E-state index in [2.05, 4.69) is 29.6 Å². The molecule has 1 atom stereocenters. The molecule has 3 heteroatoms. The highest BCUT2D eigenvalue weighted by atomic mass is 16.1. The Hall–Kier alpha value is -0.990. The van der Waals surface area contributed by atoms with Crippen LogP contribution in [-0.4, -0.2) is 9.55 Å². The average molecular weight is 274 g/mol. The molecule has 110 valence electrons. The topological polar surface area (TPSA) is 37.8 Å². The van der Waals surface area contributed by atoms with E-state index in [0.29, 0.717) is 12.0 Å². The second-order valence-electron chi connectivity index (χ2n) is 7.65. The van der Waals surface area contributed by atoms with E-state index >= 15 is 0 Å². The van der Waals surface area contributed by atoms with Crippen molar-refractivity contribution in [3.05, 3.63) is 22.4 Å². The highest BCUT2D eigenvalue weighted by Gasteiger charge is 2.49. The number of nitrogens with zero attached hydrogens (tertiary/aromatic N) is 1. The molecule has 4 aliphatic carbocycles. The van der Waals surface area contributed by atoms with Crippen molar-refractivity contribution in [3.63, 3.8) is 0 Å². The largest absolute Gasteiger partial charge is 0.325 e. The highest BCUT2D eigenvalue weighted by Crippen LogP contribution is 2.57. The Morgan fingerprint density at radius 2 is 1.80 bits per heavy atom. The van der Waals surface area contributed by atoms with Crippen LogP contribution in [0.5, 0.6) is 0 Å². The quantitative estimate of drug-likeness (QED) is 0.897. The van der Waals surface area contributed by atoms with Gasteiger partial charge in [-0.05, 0) is 68.1 Å². The monoisotopic (exact) mass is 274 g/mol. The number of H-pyrrole nitrogens is 1. The van der Waals surface area contributed by atoms with E-state index in [0.717, 1.165) is 35.8 Å². The number of nitrogens with one attached hydrogen (secondary N) is 1. The van der Waals surface area contributed by atoms with E-state index < -0.39 is 0 Å². The van der Waals surface area contributed by atoms with E-state index in [1.54, 1.807) is 0 Å². The summed E-state index contributed by atoms with van der Waals surface area (Å²) >= 11 is 0. The first-order valence-electron chi connectivity index (χ1n) is 8.46. The summed E-state index contributed by atoms with van der Waals surface area (Å²) < 4.78 is 2.08. The van der Waals surface area contributed by atoms with Gasteiger partial charge in [0.25, 0.3) is 0 Å². The molecule has 0 spiro atoms. The smallest absolute Gasteiger partial charge is 0.310 e. The maximum atomic E-state index is 12.4. The Bertz CT molecular complexity index is 528. The summed E-state index contributed by atoms with van der Waals surface area (Å²) in [6, 6.07) is 0.490. The fourth-order valence-corrected chi connectivity index (χ4v) is 5.47. The van der Waals surface area contributed by atoms with Gasteiger partial charge in [0.1, 0.15) is 0 Å². The Morgan fingerprint density at radius 3 is 2.35 bits per heavy atom. The minimum atomic E-state index is 0.137. The lowest BCUT2D eigenvalue weighted by atomic mass is 9.54. The second-order valence-corrected chi connectivity index (χ2v) is 7.65. The predicted molar refractivity (Wildman–Crippen MR) is 79.8 cm³/mol. The number of aromatic nitrogens is 2. The molecule has 4 aliphatic rings. The van der Waals surface area contributed by atoms with Crippen LogP contribution in [0, 0.1) is 23.7 Å². The molecule has 3 nitrogen and oxygen atoms in total. The van der Waals surface area contributed by atoms with Gasteiger partial charge in [0.15, 0.2) is 0 Å². The molecule has 4 fully saturated rings. The minimum Gasteiger partial charge on any atom is -0.310 e. The summed E-state index contributed by atoms with van der Waals surface area (Å²) in [5, 5.41) is 0. The van der Waals surface area contributed by atoms with Gasteiger partial charge in [-0.2, -0.15) is 0 Å². The van der Waals surface area contributed by atoms with Crippen molar-refractivity contribution in [1.82, 2.24) is 9.55 Å². The first-order chi connectivity index (χ1) is 9.65. The van der Waals surface area contributed by atoms with Gasteiger partial charge in [0, 0.05) is 17.9 Å². The van der Waals surface area contributed by atoms with E-state index in [-0.39, 0.29) is 5.69 Å². The molecule has 1 N–H and O–H groups in total. The number of hydrogen-bond acceptors (Lipinski definition) is 1. The fourth-order valence-electron chi connectivity index (χ4n) is 5.47. The lowest BCUT2D eigenvalue weighted by Crippen LogP contribution is -2.47. The summed E-state index contributed by atoms with van der Waals surface area (Å²) in [5.41, 5.74) is 1.27. The Labute approximate surface area is 120 Å². The Kier molecular flexibility index (Phi) is 2.87. The second kappa shape index (κ2) is 4.51. The van der Waals surface area contributed by atoms with Gasteiger partial charge in [-0.25, -0.2) is 4.79 Å². The van der Waals surface area contributed by atoms with Crippen LogP contribution in [0.3, 0.4) is 0 Å². The van der Waals surface area contributed by atoms with Crippen LogP contribution in [0.25, 0.3) is 0 Å². The molecule has 0 aliphatic heterocycles. The molecule has 0 saturated heterocycles. The number of aromatic amines is 1. The summed E-state index contributed by atoms with van der Waals surface area (Å²) in [4.78, 5) is 15.5. The zero-order valence-electron chi connectivity index (χ0n) is 12.6. The van der Waals surface area contributed by atoms with Crippen LogP contribution in [0.1, 0.15) is 70.0 Å². The molecular formula is C17H26N2O. The minimum absolute atomic E-state index is 0.137. The molecule has 0 aromatic carbocycles. The number of hydrogen-bond donors (Lipinski definition) is 1. The molecule has 4 saturated carbocycles. The van der Waals surface area contributed by atoms with Gasteiger partial charge in [-0.3, -0.25) is 4.57 Å². The van der Waals surface area contributed by atoms with Gasteiger partial charge in [-0.15, -0.1) is 0 Å². The number of imidazole rings is 1. The summed E-state index contributed by atoms with van der Waals surface area (Å²) in [6.07, 6.45) is 10.2. The number of rotatable bonds is 3. The van der Waals surface area contributed by atoms with Crippen LogP contribution in [0.4, 0.5) is 0 Å². The summed E-state index contributed by atoms with van der Waals surface area (Å²) in [6.45, 7) is 4.38. The maximum absolute atomic E-state index is 12.4. The van der Waals surface area contributed by atoms with Crippen molar-refractivity contribution in [2.24, 2.45) is 23.7 Å². The molecule has 1 unspecified atom stereocenters. The van der Waals surface area contributed by atoms with Gasteiger partial charge < -0.3 is 4.98 Å². The summed E-state index contributed by atoms with van der Waals surface area (Å²) in [5.74, 6) is 3.93. The Morgan fingerprint density at radius 1 is 1.20 bits per heavy atom. The van der Waals surface area contributed by atoms with Gasteiger partial charge in [-0.1, -0.05) is 13.8 Å². The van der Waals surface area contributed by atoms with Gasteiger partial charge in [0.2, 0.25) is 0 Å². The fraction of sp³-hybridized carbons (Fsp3) is 0.824. The van der Waals surface area contributed by atoms with Crippen LogP contribution >= 0.6 is 0 Å². The van der Waals surface area contributed by atoms with E-state index in [4.69, 9.17) is 0 Å². The zero-order valence-corrected chi connectivity index (χ0v) is 12.6. The van der Waals surface area contributed by atoms with Crippen molar-refractivity contribution >= 4 is 0 Å². The first kappa shape index (κ1) is 12.7. The average Bonchev–Trinajstić information content (AvgIpc) is 2.79. The molecule has 1 aromatic heterocycles. The third kappa shape index (κ3) is 1.82. The van der Waals surface area contributed by atoms with Crippen molar-refractivity contribution in [2.45, 2.75) is 64.3 Å². The Balaban J connectivity index is 1.68. The molecule has 4 bridgehead atoms. The van der Waals surface area contributed by atoms with Crippen LogP contribution in [0.15, 0.2) is 11.0 Å². The molecule has 5 rings (SSSR count). The van der Waals surface area contributed by atoms with E-state index in [1.807, 2.05) is 0 Å². The molecule has 1 heterocycles. The summed E-state index contributed by atoms with van der Waals surface area (Å²) in [7, 11) is 0. The molecular weight excluding hydrogens is 248 g/mol. The lowest BCUT2D eigenvalue weighted by Gasteiger charge is -2.54. The van der Waals surface area contributed by atoms with E-state index in [9.17, 15) is 4.79 Å². The maximum Gasteiger partial charge on any atom is 0.325 e. The molecule has 0 radical (unpaired) electrons. The molecule has 1 aromatic rings. The van der Waals surface area contributed by atoms with E-state index in [1.165, 1.54) is 32.1 Å². The third-order valence-corrected chi connectivity index (χ3v) is 6.41. The van der Waals surface area contributed by atoms with Crippen molar-refractivity contribution < 1.29 is 0 Å². The SMILES string of the molecule is CCC(C)c1cn(C2C3CC4CC(C3)CC2C4)c(=O)[nH]1. The molecule has 0 amide bonds. The first-order valence-corrected chi connectivity index (χ1v) is 8.46. The highest BCUT2D eigenvalue weighted by molar-refractivity contribution is 5.08. The van der Waals surface area contributed by atoms with Crippen molar-refractivity contribution in [3.8, 4) is 0 Å². The third-order valence-electron chi connectivity index (χ3n) is 6.41. The van der Waals surface area contributed by atoms with Crippen LogP contribution < -0.4 is 5.69 Å². The van der Waals surface area contributed by atoms with Crippen LogP contribution in [-0.2, 0) is 0 Å². The lowest BCUT2D eigenvalue weighted by molar-refractivity contribution is -0.0303.